The molecular formula is C18H27NO3. The number of carbonyl (C=O) groups is 1. The highest BCUT2D eigenvalue weighted by Crippen LogP contribution is 2.34. The van der Waals surface area contributed by atoms with E-state index in [1.807, 2.05) is 43.9 Å². The van der Waals surface area contributed by atoms with Crippen molar-refractivity contribution in [2.24, 2.45) is 0 Å². The molecule has 122 valence electrons. The van der Waals surface area contributed by atoms with Crippen molar-refractivity contribution >= 4 is 6.09 Å². The summed E-state index contributed by atoms with van der Waals surface area (Å²) in [7, 11) is 1.72. The summed E-state index contributed by atoms with van der Waals surface area (Å²) in [6.45, 7) is 8.41. The normalized spacial score (nSPS) is 25.3. The molecule has 0 N–H and O–H groups in total. The van der Waals surface area contributed by atoms with Crippen LogP contribution in [0.15, 0.2) is 30.3 Å². The van der Waals surface area contributed by atoms with Crippen LogP contribution in [0.5, 0.6) is 0 Å². The molecule has 0 unspecified atom stereocenters. The maximum absolute atomic E-state index is 12.5. The molecular weight excluding hydrogens is 278 g/mol. The minimum absolute atomic E-state index is 0.0188. The summed E-state index contributed by atoms with van der Waals surface area (Å²) in [6.07, 6.45) is 1.33. The average Bonchev–Trinajstić information content (AvgIpc) is 2.77. The van der Waals surface area contributed by atoms with E-state index in [0.717, 1.165) is 12.8 Å². The molecule has 1 aromatic rings. The highest BCUT2D eigenvalue weighted by Gasteiger charge is 2.47. The second-order valence-electron chi connectivity index (χ2n) is 7.15. The molecule has 2 atom stereocenters. The summed E-state index contributed by atoms with van der Waals surface area (Å²) >= 11 is 0. The van der Waals surface area contributed by atoms with Gasteiger partial charge in [0.15, 0.2) is 0 Å². The standard InChI is InChI=1S/C18H27NO3/c1-17(2,3)22-16(20)19-12-11-18(4,21-5)15(19)13-14-9-7-6-8-10-14/h6-10,15H,11-13H2,1-5H3/t15-,18-/m0/s1. The van der Waals surface area contributed by atoms with Gasteiger partial charge in [-0.15, -0.1) is 0 Å². The number of methoxy groups -OCH3 is 1. The van der Waals surface area contributed by atoms with Gasteiger partial charge >= 0.3 is 6.09 Å². The van der Waals surface area contributed by atoms with Gasteiger partial charge in [-0.25, -0.2) is 4.79 Å². The first-order valence-corrected chi connectivity index (χ1v) is 7.84. The molecule has 1 amide bonds. The van der Waals surface area contributed by atoms with Gasteiger partial charge in [0.1, 0.15) is 5.60 Å². The first-order chi connectivity index (χ1) is 10.2. The Balaban J connectivity index is 2.20. The summed E-state index contributed by atoms with van der Waals surface area (Å²) < 4.78 is 11.3. The van der Waals surface area contributed by atoms with Crippen LogP contribution in [-0.2, 0) is 15.9 Å². The topological polar surface area (TPSA) is 38.8 Å². The number of nitrogens with zero attached hydrogens (tertiary/aromatic N) is 1. The fraction of sp³-hybridized carbons (Fsp3) is 0.611. The van der Waals surface area contributed by atoms with Gasteiger partial charge in [0.05, 0.1) is 11.6 Å². The number of amides is 1. The van der Waals surface area contributed by atoms with Crippen LogP contribution < -0.4 is 0 Å². The van der Waals surface area contributed by atoms with E-state index in [0.29, 0.717) is 6.54 Å². The van der Waals surface area contributed by atoms with Gasteiger partial charge in [-0.1, -0.05) is 30.3 Å². The number of hydrogen-bond acceptors (Lipinski definition) is 3. The van der Waals surface area contributed by atoms with E-state index in [2.05, 4.69) is 19.1 Å². The van der Waals surface area contributed by atoms with Crippen LogP contribution in [-0.4, -0.2) is 41.9 Å². The van der Waals surface area contributed by atoms with Gasteiger partial charge in [0.25, 0.3) is 0 Å². The largest absolute Gasteiger partial charge is 0.444 e. The number of ether oxygens (including phenoxy) is 2. The zero-order valence-corrected chi connectivity index (χ0v) is 14.3. The lowest BCUT2D eigenvalue weighted by Crippen LogP contribution is -2.49. The Morgan fingerprint density at radius 2 is 1.95 bits per heavy atom. The van der Waals surface area contributed by atoms with Crippen LogP contribution in [0.25, 0.3) is 0 Å². The summed E-state index contributed by atoms with van der Waals surface area (Å²) in [6, 6.07) is 10.2. The molecule has 1 aromatic carbocycles. The van der Waals surface area contributed by atoms with Crippen molar-refractivity contribution < 1.29 is 14.3 Å². The molecule has 0 aliphatic carbocycles. The van der Waals surface area contributed by atoms with Gasteiger partial charge in [-0.05, 0) is 46.1 Å². The van der Waals surface area contributed by atoms with E-state index >= 15 is 0 Å². The molecule has 0 aromatic heterocycles. The van der Waals surface area contributed by atoms with Gasteiger partial charge in [-0.3, -0.25) is 0 Å². The van der Waals surface area contributed by atoms with Crippen molar-refractivity contribution in [3.63, 3.8) is 0 Å². The van der Waals surface area contributed by atoms with E-state index in [-0.39, 0.29) is 17.7 Å². The Bertz CT molecular complexity index is 509. The lowest BCUT2D eigenvalue weighted by Gasteiger charge is -2.35. The lowest BCUT2D eigenvalue weighted by molar-refractivity contribution is -0.0311. The van der Waals surface area contributed by atoms with Crippen LogP contribution in [0.3, 0.4) is 0 Å². The minimum atomic E-state index is -0.486. The molecule has 1 fully saturated rings. The number of likely N-dealkylation sites (tertiary alicyclic amines) is 1. The SMILES string of the molecule is CO[C@@]1(C)CCN(C(=O)OC(C)(C)C)[C@H]1Cc1ccccc1. The van der Waals surface area contributed by atoms with E-state index in [1.54, 1.807) is 7.11 Å². The second-order valence-corrected chi connectivity index (χ2v) is 7.15. The van der Waals surface area contributed by atoms with E-state index in [4.69, 9.17) is 9.47 Å². The summed E-state index contributed by atoms with van der Waals surface area (Å²) in [5, 5.41) is 0. The Kier molecular flexibility index (Phi) is 4.81. The smallest absolute Gasteiger partial charge is 0.410 e. The molecule has 1 saturated heterocycles. The first kappa shape index (κ1) is 16.8. The summed E-state index contributed by atoms with van der Waals surface area (Å²) in [5.74, 6) is 0. The average molecular weight is 305 g/mol. The number of benzene rings is 1. The molecule has 4 heteroatoms. The predicted molar refractivity (Wildman–Crippen MR) is 86.9 cm³/mol. The van der Waals surface area contributed by atoms with Gasteiger partial charge < -0.3 is 14.4 Å². The second kappa shape index (κ2) is 6.29. The third-order valence-electron chi connectivity index (χ3n) is 4.30. The Labute approximate surface area is 133 Å². The van der Waals surface area contributed by atoms with Crippen LogP contribution in [0.2, 0.25) is 0 Å². The lowest BCUT2D eigenvalue weighted by atomic mass is 9.91. The van der Waals surface area contributed by atoms with E-state index < -0.39 is 5.60 Å². The molecule has 1 aliphatic rings. The Morgan fingerprint density at radius 1 is 1.32 bits per heavy atom. The fourth-order valence-electron chi connectivity index (χ4n) is 2.94. The van der Waals surface area contributed by atoms with E-state index in [1.165, 1.54) is 5.56 Å². The van der Waals surface area contributed by atoms with Crippen LogP contribution in [0.4, 0.5) is 4.79 Å². The molecule has 0 saturated carbocycles. The third-order valence-corrected chi connectivity index (χ3v) is 4.30. The highest BCUT2D eigenvalue weighted by molar-refractivity contribution is 5.69. The summed E-state index contributed by atoms with van der Waals surface area (Å²) in [5.41, 5.74) is 0.374. The first-order valence-electron chi connectivity index (χ1n) is 7.84. The zero-order chi connectivity index (χ0) is 16.4. The van der Waals surface area contributed by atoms with Crippen LogP contribution >= 0.6 is 0 Å². The molecule has 0 radical (unpaired) electrons. The monoisotopic (exact) mass is 305 g/mol. The number of hydrogen-bond donors (Lipinski definition) is 0. The van der Waals surface area contributed by atoms with Crippen molar-refractivity contribution in [3.05, 3.63) is 35.9 Å². The Hall–Kier alpha value is -1.55. The van der Waals surface area contributed by atoms with Gasteiger partial charge in [-0.2, -0.15) is 0 Å². The number of rotatable bonds is 3. The Morgan fingerprint density at radius 3 is 2.50 bits per heavy atom. The van der Waals surface area contributed by atoms with Crippen LogP contribution in [0, 0.1) is 0 Å². The van der Waals surface area contributed by atoms with Crippen molar-refractivity contribution in [1.29, 1.82) is 0 Å². The van der Waals surface area contributed by atoms with Gasteiger partial charge in [0, 0.05) is 13.7 Å². The predicted octanol–water partition coefficient (Wildman–Crippen LogP) is 3.64. The molecule has 1 heterocycles. The van der Waals surface area contributed by atoms with E-state index in [9.17, 15) is 4.79 Å². The van der Waals surface area contributed by atoms with Crippen molar-refractivity contribution in [1.82, 2.24) is 4.90 Å². The van der Waals surface area contributed by atoms with Crippen molar-refractivity contribution in [2.75, 3.05) is 13.7 Å². The molecule has 1 aliphatic heterocycles. The fourth-order valence-corrected chi connectivity index (χ4v) is 2.94. The minimum Gasteiger partial charge on any atom is -0.444 e. The third kappa shape index (κ3) is 3.80. The maximum Gasteiger partial charge on any atom is 0.410 e. The van der Waals surface area contributed by atoms with Gasteiger partial charge in [0.2, 0.25) is 0 Å². The van der Waals surface area contributed by atoms with Crippen molar-refractivity contribution in [2.45, 2.75) is 57.8 Å². The molecule has 4 nitrogen and oxygen atoms in total. The zero-order valence-electron chi connectivity index (χ0n) is 14.3. The molecule has 0 bridgehead atoms. The number of carbonyl (C=O) groups excluding carboxylic acids is 1. The molecule has 0 spiro atoms. The maximum atomic E-state index is 12.5. The molecule has 2 rings (SSSR count). The highest BCUT2D eigenvalue weighted by atomic mass is 16.6. The quantitative estimate of drug-likeness (QED) is 0.855. The summed E-state index contributed by atoms with van der Waals surface area (Å²) in [4.78, 5) is 14.3. The van der Waals surface area contributed by atoms with Crippen molar-refractivity contribution in [3.8, 4) is 0 Å². The molecule has 22 heavy (non-hydrogen) atoms. The van der Waals surface area contributed by atoms with Crippen LogP contribution in [0.1, 0.15) is 39.7 Å².